The Bertz CT molecular complexity index is 306. The number of hydrogen-bond donors (Lipinski definition) is 0. The largest absolute Gasteiger partial charge is 0.468 e. The van der Waals surface area contributed by atoms with E-state index in [4.69, 9.17) is 9.47 Å². The molecule has 4 nitrogen and oxygen atoms in total. The highest BCUT2D eigenvalue weighted by molar-refractivity contribution is 5.95. The first kappa shape index (κ1) is 14.7. The van der Waals surface area contributed by atoms with Gasteiger partial charge in [-0.05, 0) is 24.7 Å². The van der Waals surface area contributed by atoms with Gasteiger partial charge in [0.1, 0.15) is 0 Å². The third kappa shape index (κ3) is 3.34. The summed E-state index contributed by atoms with van der Waals surface area (Å²) in [6.07, 6.45) is 8.10. The molecule has 1 rings (SSSR count). The molecule has 0 aromatic carbocycles. The van der Waals surface area contributed by atoms with Gasteiger partial charge in [-0.1, -0.05) is 31.9 Å². The second-order valence-electron chi connectivity index (χ2n) is 4.66. The number of rotatable bonds is 6. The first-order chi connectivity index (χ1) is 8.65. The van der Waals surface area contributed by atoms with Crippen LogP contribution in [0.3, 0.4) is 0 Å². The van der Waals surface area contributed by atoms with Gasteiger partial charge in [-0.15, -0.1) is 0 Å². The zero-order valence-corrected chi connectivity index (χ0v) is 11.3. The molecule has 1 aliphatic carbocycles. The van der Waals surface area contributed by atoms with E-state index in [1.54, 1.807) is 0 Å². The average Bonchev–Trinajstić information content (AvgIpc) is 2.84. The molecule has 1 aliphatic rings. The number of carbonyl (C=O) groups is 2. The van der Waals surface area contributed by atoms with Gasteiger partial charge >= 0.3 is 11.9 Å². The van der Waals surface area contributed by atoms with E-state index in [1.165, 1.54) is 14.2 Å². The van der Waals surface area contributed by atoms with Crippen LogP contribution < -0.4 is 0 Å². The van der Waals surface area contributed by atoms with E-state index in [0.29, 0.717) is 0 Å². The van der Waals surface area contributed by atoms with E-state index in [1.807, 2.05) is 6.08 Å². The van der Waals surface area contributed by atoms with Crippen LogP contribution in [0.1, 0.15) is 32.6 Å². The molecule has 0 amide bonds. The molecule has 0 saturated carbocycles. The van der Waals surface area contributed by atoms with Crippen LogP contribution in [0, 0.1) is 17.8 Å². The minimum atomic E-state index is -0.795. The maximum atomic E-state index is 11.8. The van der Waals surface area contributed by atoms with E-state index < -0.39 is 17.9 Å². The minimum Gasteiger partial charge on any atom is -0.468 e. The van der Waals surface area contributed by atoms with Crippen molar-refractivity contribution in [1.29, 1.82) is 0 Å². The summed E-state index contributed by atoms with van der Waals surface area (Å²) in [5.74, 6) is -1.52. The fraction of sp³-hybridized carbons (Fsp3) is 0.714. The summed E-state index contributed by atoms with van der Waals surface area (Å²) in [6.45, 7) is 2.13. The molecule has 0 spiro atoms. The first-order valence-electron chi connectivity index (χ1n) is 6.48. The van der Waals surface area contributed by atoms with Gasteiger partial charge in [-0.3, -0.25) is 9.59 Å². The van der Waals surface area contributed by atoms with Gasteiger partial charge < -0.3 is 9.47 Å². The van der Waals surface area contributed by atoms with Crippen molar-refractivity contribution < 1.29 is 19.1 Å². The first-order valence-corrected chi connectivity index (χ1v) is 6.48. The van der Waals surface area contributed by atoms with Crippen molar-refractivity contribution in [1.82, 2.24) is 0 Å². The number of hydrogen-bond acceptors (Lipinski definition) is 4. The maximum Gasteiger partial charge on any atom is 0.320 e. The highest BCUT2D eigenvalue weighted by Gasteiger charge is 2.41. The van der Waals surface area contributed by atoms with Gasteiger partial charge in [-0.2, -0.15) is 0 Å². The molecule has 0 aliphatic heterocycles. The molecule has 0 saturated heterocycles. The molecule has 18 heavy (non-hydrogen) atoms. The van der Waals surface area contributed by atoms with Crippen LogP contribution in [0.5, 0.6) is 0 Å². The summed E-state index contributed by atoms with van der Waals surface area (Å²) in [5.41, 5.74) is 0. The Kier molecular flexibility index (Phi) is 5.89. The summed E-state index contributed by atoms with van der Waals surface area (Å²) in [4.78, 5) is 23.5. The molecule has 0 unspecified atom stereocenters. The highest BCUT2D eigenvalue weighted by atomic mass is 16.5. The van der Waals surface area contributed by atoms with Crippen molar-refractivity contribution in [3.05, 3.63) is 12.2 Å². The summed E-state index contributed by atoms with van der Waals surface area (Å²) in [6, 6.07) is 0. The van der Waals surface area contributed by atoms with Gasteiger partial charge in [0.25, 0.3) is 0 Å². The van der Waals surface area contributed by atoms with Crippen molar-refractivity contribution in [2.45, 2.75) is 32.6 Å². The molecular weight excluding hydrogens is 232 g/mol. The smallest absolute Gasteiger partial charge is 0.320 e. The summed E-state index contributed by atoms with van der Waals surface area (Å²) < 4.78 is 9.47. The Balaban J connectivity index is 2.78. The highest BCUT2D eigenvalue weighted by Crippen LogP contribution is 2.36. The number of esters is 2. The molecule has 4 heteroatoms. The van der Waals surface area contributed by atoms with E-state index in [2.05, 4.69) is 13.0 Å². The summed E-state index contributed by atoms with van der Waals surface area (Å²) in [7, 11) is 2.61. The van der Waals surface area contributed by atoms with Gasteiger partial charge in [-0.25, -0.2) is 0 Å². The standard InChI is InChI=1S/C14H22O4/c1-4-5-7-10-8-6-9-11(10)12(13(15)17-2)14(16)18-3/h6,8,10-12H,4-5,7,9H2,1-3H3/t10-,11+/m1/s1. The van der Waals surface area contributed by atoms with Gasteiger partial charge in [0.15, 0.2) is 5.92 Å². The number of unbranched alkanes of at least 4 members (excludes halogenated alkanes) is 1. The number of carbonyl (C=O) groups excluding carboxylic acids is 2. The molecule has 0 bridgehead atoms. The van der Waals surface area contributed by atoms with Crippen molar-refractivity contribution in [3.8, 4) is 0 Å². The van der Waals surface area contributed by atoms with Crippen molar-refractivity contribution in [2.24, 2.45) is 17.8 Å². The fourth-order valence-electron chi connectivity index (χ4n) is 2.56. The SMILES string of the molecule is CCCC[C@@H]1C=CC[C@@H]1C(C(=O)OC)C(=O)OC. The number of ether oxygens (including phenoxy) is 2. The topological polar surface area (TPSA) is 52.6 Å². The predicted octanol–water partition coefficient (Wildman–Crippen LogP) is 2.33. The van der Waals surface area contributed by atoms with Crippen molar-refractivity contribution >= 4 is 11.9 Å². The van der Waals surface area contributed by atoms with E-state index in [0.717, 1.165) is 25.7 Å². The number of allylic oxidation sites excluding steroid dienone is 2. The minimum absolute atomic E-state index is 0.0172. The normalized spacial score (nSPS) is 22.2. The Morgan fingerprint density at radius 1 is 1.28 bits per heavy atom. The molecule has 0 fully saturated rings. The second kappa shape index (κ2) is 7.19. The molecule has 0 aromatic heterocycles. The molecule has 0 aromatic rings. The van der Waals surface area contributed by atoms with Crippen molar-refractivity contribution in [2.75, 3.05) is 14.2 Å². The van der Waals surface area contributed by atoms with Crippen LogP contribution >= 0.6 is 0 Å². The fourth-order valence-corrected chi connectivity index (χ4v) is 2.56. The Hall–Kier alpha value is -1.32. The molecule has 0 heterocycles. The molecular formula is C14H22O4. The lowest BCUT2D eigenvalue weighted by Crippen LogP contribution is -2.35. The van der Waals surface area contributed by atoms with E-state index in [-0.39, 0.29) is 11.8 Å². The Morgan fingerprint density at radius 2 is 1.89 bits per heavy atom. The molecule has 0 radical (unpaired) electrons. The maximum absolute atomic E-state index is 11.8. The lowest BCUT2D eigenvalue weighted by Gasteiger charge is -2.24. The summed E-state index contributed by atoms with van der Waals surface area (Å²) in [5, 5.41) is 0. The molecule has 0 N–H and O–H groups in total. The quantitative estimate of drug-likeness (QED) is 0.415. The zero-order valence-electron chi connectivity index (χ0n) is 11.3. The Morgan fingerprint density at radius 3 is 2.39 bits per heavy atom. The van der Waals surface area contributed by atoms with Crippen LogP contribution in [0.15, 0.2) is 12.2 Å². The van der Waals surface area contributed by atoms with E-state index >= 15 is 0 Å². The van der Waals surface area contributed by atoms with E-state index in [9.17, 15) is 9.59 Å². The van der Waals surface area contributed by atoms with Gasteiger partial charge in [0, 0.05) is 0 Å². The summed E-state index contributed by atoms with van der Waals surface area (Å²) >= 11 is 0. The monoisotopic (exact) mass is 254 g/mol. The third-order valence-corrected chi connectivity index (χ3v) is 3.57. The van der Waals surface area contributed by atoms with Crippen LogP contribution in [0.25, 0.3) is 0 Å². The lowest BCUT2D eigenvalue weighted by atomic mass is 9.81. The van der Waals surface area contributed by atoms with Gasteiger partial charge in [0.05, 0.1) is 14.2 Å². The zero-order chi connectivity index (χ0) is 13.5. The third-order valence-electron chi connectivity index (χ3n) is 3.57. The van der Waals surface area contributed by atoms with Crippen LogP contribution in [-0.4, -0.2) is 26.2 Å². The van der Waals surface area contributed by atoms with Crippen LogP contribution in [0.4, 0.5) is 0 Å². The van der Waals surface area contributed by atoms with Crippen molar-refractivity contribution in [3.63, 3.8) is 0 Å². The average molecular weight is 254 g/mol. The Labute approximate surface area is 108 Å². The predicted molar refractivity (Wildman–Crippen MR) is 67.8 cm³/mol. The lowest BCUT2D eigenvalue weighted by molar-refractivity contribution is -0.162. The van der Waals surface area contributed by atoms with Crippen LogP contribution in [-0.2, 0) is 19.1 Å². The number of methoxy groups -OCH3 is 2. The second-order valence-corrected chi connectivity index (χ2v) is 4.66. The molecule has 2 atom stereocenters. The van der Waals surface area contributed by atoms with Crippen LogP contribution in [0.2, 0.25) is 0 Å². The van der Waals surface area contributed by atoms with Gasteiger partial charge in [0.2, 0.25) is 0 Å². The molecule has 102 valence electrons.